The number of hydrogen-bond donors (Lipinski definition) is 1. The minimum absolute atomic E-state index is 0.00985. The van der Waals surface area contributed by atoms with Crippen molar-refractivity contribution in [2.75, 3.05) is 0 Å². The third kappa shape index (κ3) is 7.41. The van der Waals surface area contributed by atoms with Crippen molar-refractivity contribution in [3.8, 4) is 0 Å². The molecule has 0 fully saturated rings. The Morgan fingerprint density at radius 3 is 2.42 bits per heavy atom. The molecule has 5 heteroatoms. The van der Waals surface area contributed by atoms with Gasteiger partial charge in [0, 0.05) is 16.6 Å². The second-order valence-corrected chi connectivity index (χ2v) is 13.9. The molecule has 1 aromatic rings. The summed E-state index contributed by atoms with van der Waals surface area (Å²) in [7, 11) is -1.96. The first-order valence-corrected chi connectivity index (χ1v) is 12.6. The molecule has 3 nitrogen and oxygen atoms in total. The second-order valence-electron chi connectivity index (χ2n) is 7.79. The Hall–Kier alpha value is -0.783. The molecule has 1 amide bonds. The Bertz CT molecular complexity index is 500. The van der Waals surface area contributed by atoms with E-state index < -0.39 is 8.32 Å². The summed E-state index contributed by atoms with van der Waals surface area (Å²) >= 11 is 1.79. The van der Waals surface area contributed by atoms with E-state index in [4.69, 9.17) is 4.53 Å². The fourth-order valence-corrected chi connectivity index (χ4v) is 3.81. The highest BCUT2D eigenvalue weighted by Crippen LogP contribution is 2.36. The Labute approximate surface area is 153 Å². The number of unbranched alkanes of at least 4 members (excludes halogenated alkanes) is 1. The smallest absolute Gasteiger partial charge is 0.243 e. The molecule has 1 unspecified atom stereocenters. The van der Waals surface area contributed by atoms with Crippen LogP contribution >= 0.6 is 11.8 Å². The van der Waals surface area contributed by atoms with E-state index in [0.29, 0.717) is 6.42 Å². The molecule has 1 N–H and O–H groups in total. The van der Waals surface area contributed by atoms with Crippen LogP contribution in [0.3, 0.4) is 0 Å². The number of hydroxylamine groups is 1. The average molecular weight is 368 g/mol. The molecule has 1 rings (SSSR count). The standard InChI is InChI=1S/C19H33NO2SSi/c1-7-8-12-17(23-16-13-10-9-11-14-16)15-18(21)20-22-24(5,6)19(2,3)4/h9-11,13-14,17H,7-8,12,15H2,1-6H3,(H,20,21). The summed E-state index contributed by atoms with van der Waals surface area (Å²) in [6.45, 7) is 13.0. The maximum absolute atomic E-state index is 12.4. The third-order valence-corrected chi connectivity index (χ3v) is 10.1. The summed E-state index contributed by atoms with van der Waals surface area (Å²) < 4.78 is 5.84. The van der Waals surface area contributed by atoms with Crippen molar-refractivity contribution in [3.05, 3.63) is 30.3 Å². The molecule has 1 atom stereocenters. The van der Waals surface area contributed by atoms with Crippen LogP contribution in [0, 0.1) is 0 Å². The molecule has 0 radical (unpaired) electrons. The van der Waals surface area contributed by atoms with Gasteiger partial charge in [-0.05, 0) is 36.7 Å². The van der Waals surface area contributed by atoms with Crippen molar-refractivity contribution in [1.29, 1.82) is 0 Å². The Balaban J connectivity index is 2.57. The van der Waals surface area contributed by atoms with Crippen LogP contribution in [-0.4, -0.2) is 19.5 Å². The van der Waals surface area contributed by atoms with Gasteiger partial charge in [0.1, 0.15) is 0 Å². The maximum atomic E-state index is 12.4. The SMILES string of the molecule is CCCCC(CC(=O)NO[Si](C)(C)C(C)(C)C)Sc1ccccc1. The minimum Gasteiger partial charge on any atom is -0.320 e. The zero-order chi connectivity index (χ0) is 18.2. The van der Waals surface area contributed by atoms with Gasteiger partial charge in [-0.15, -0.1) is 11.8 Å². The van der Waals surface area contributed by atoms with Gasteiger partial charge >= 0.3 is 0 Å². The first-order valence-electron chi connectivity index (χ1n) is 8.84. The van der Waals surface area contributed by atoms with Crippen LogP contribution in [0.4, 0.5) is 0 Å². The van der Waals surface area contributed by atoms with Crippen molar-refractivity contribution in [2.45, 2.75) is 81.7 Å². The highest BCUT2D eigenvalue weighted by atomic mass is 32.2. The lowest BCUT2D eigenvalue weighted by molar-refractivity contribution is -0.128. The van der Waals surface area contributed by atoms with E-state index in [0.717, 1.165) is 19.3 Å². The number of carbonyl (C=O) groups is 1. The molecular formula is C19H33NO2SSi. The van der Waals surface area contributed by atoms with Gasteiger partial charge in [-0.25, -0.2) is 5.48 Å². The lowest BCUT2D eigenvalue weighted by Gasteiger charge is -2.35. The van der Waals surface area contributed by atoms with Crippen LogP contribution in [0.2, 0.25) is 18.1 Å². The van der Waals surface area contributed by atoms with Crippen LogP contribution in [0.5, 0.6) is 0 Å². The molecule has 0 aliphatic carbocycles. The molecule has 24 heavy (non-hydrogen) atoms. The maximum Gasteiger partial charge on any atom is 0.243 e. The summed E-state index contributed by atoms with van der Waals surface area (Å²) in [5.41, 5.74) is 2.73. The van der Waals surface area contributed by atoms with Gasteiger partial charge in [-0.3, -0.25) is 4.79 Å². The molecule has 0 saturated carbocycles. The highest BCUT2D eigenvalue weighted by molar-refractivity contribution is 8.00. The summed E-state index contributed by atoms with van der Waals surface area (Å²) in [5, 5.41) is 0.371. The first kappa shape index (κ1) is 21.3. The van der Waals surface area contributed by atoms with Crippen molar-refractivity contribution in [3.63, 3.8) is 0 Å². The Morgan fingerprint density at radius 1 is 1.25 bits per heavy atom. The number of rotatable bonds is 9. The molecule has 0 bridgehead atoms. The van der Waals surface area contributed by atoms with Gasteiger partial charge in [-0.1, -0.05) is 58.7 Å². The summed E-state index contributed by atoms with van der Waals surface area (Å²) in [6.07, 6.45) is 3.83. The second kappa shape index (κ2) is 9.64. The van der Waals surface area contributed by atoms with Gasteiger partial charge in [0.2, 0.25) is 14.2 Å². The zero-order valence-electron chi connectivity index (χ0n) is 16.0. The fourth-order valence-electron chi connectivity index (χ4n) is 1.91. The van der Waals surface area contributed by atoms with Gasteiger partial charge in [0.25, 0.3) is 0 Å². The predicted octanol–water partition coefficient (Wildman–Crippen LogP) is 5.78. The lowest BCUT2D eigenvalue weighted by atomic mass is 10.1. The van der Waals surface area contributed by atoms with Gasteiger partial charge in [-0.2, -0.15) is 0 Å². The van der Waals surface area contributed by atoms with Crippen molar-refractivity contribution in [2.24, 2.45) is 0 Å². The van der Waals surface area contributed by atoms with Crippen LogP contribution in [-0.2, 0) is 9.32 Å². The third-order valence-electron chi connectivity index (χ3n) is 4.56. The van der Waals surface area contributed by atoms with Crippen molar-refractivity contribution >= 4 is 26.0 Å². The van der Waals surface area contributed by atoms with Gasteiger partial charge in [0.15, 0.2) is 0 Å². The molecule has 0 heterocycles. The number of nitrogens with one attached hydrogen (secondary N) is 1. The van der Waals surface area contributed by atoms with E-state index in [-0.39, 0.29) is 16.2 Å². The van der Waals surface area contributed by atoms with E-state index in [9.17, 15) is 4.79 Å². The topological polar surface area (TPSA) is 38.3 Å². The summed E-state index contributed by atoms with van der Waals surface area (Å²) in [6, 6.07) is 10.3. The molecule has 136 valence electrons. The minimum atomic E-state index is -1.96. The molecule has 0 saturated heterocycles. The largest absolute Gasteiger partial charge is 0.320 e. The van der Waals surface area contributed by atoms with E-state index in [1.54, 1.807) is 11.8 Å². The van der Waals surface area contributed by atoms with E-state index >= 15 is 0 Å². The monoisotopic (exact) mass is 367 g/mol. The van der Waals surface area contributed by atoms with Gasteiger partial charge < -0.3 is 4.53 Å². The lowest BCUT2D eigenvalue weighted by Crippen LogP contribution is -2.46. The van der Waals surface area contributed by atoms with Crippen LogP contribution in [0.15, 0.2) is 35.2 Å². The molecular weight excluding hydrogens is 334 g/mol. The van der Waals surface area contributed by atoms with Crippen LogP contribution in [0.25, 0.3) is 0 Å². The van der Waals surface area contributed by atoms with E-state index in [1.807, 2.05) is 18.2 Å². The van der Waals surface area contributed by atoms with Crippen LogP contribution in [0.1, 0.15) is 53.4 Å². The molecule has 1 aromatic carbocycles. The quantitative estimate of drug-likeness (QED) is 0.341. The summed E-state index contributed by atoms with van der Waals surface area (Å²) in [5.74, 6) is -0.00985. The molecule has 0 spiro atoms. The number of hydrogen-bond acceptors (Lipinski definition) is 3. The average Bonchev–Trinajstić information content (AvgIpc) is 2.50. The number of amides is 1. The van der Waals surface area contributed by atoms with Crippen molar-refractivity contribution < 1.29 is 9.32 Å². The molecule has 0 aliphatic rings. The normalized spacial score (nSPS) is 13.6. The number of benzene rings is 1. The Morgan fingerprint density at radius 2 is 1.88 bits per heavy atom. The van der Waals surface area contributed by atoms with Crippen molar-refractivity contribution in [1.82, 2.24) is 5.48 Å². The molecule has 0 aliphatic heterocycles. The number of carbonyl (C=O) groups excluding carboxylic acids is 1. The molecule has 0 aromatic heterocycles. The van der Waals surface area contributed by atoms with Crippen LogP contribution < -0.4 is 5.48 Å². The van der Waals surface area contributed by atoms with Gasteiger partial charge in [0.05, 0.1) is 0 Å². The fraction of sp³-hybridized carbons (Fsp3) is 0.632. The number of thioether (sulfide) groups is 1. The first-order chi connectivity index (χ1) is 11.2. The predicted molar refractivity (Wildman–Crippen MR) is 107 cm³/mol. The van der Waals surface area contributed by atoms with E-state index in [2.05, 4.69) is 58.4 Å². The van der Waals surface area contributed by atoms with E-state index in [1.165, 1.54) is 4.90 Å². The zero-order valence-corrected chi connectivity index (χ0v) is 17.8. The Kier molecular flexibility index (Phi) is 8.54. The highest BCUT2D eigenvalue weighted by Gasteiger charge is 2.38. The summed E-state index contributed by atoms with van der Waals surface area (Å²) in [4.78, 5) is 13.6.